The molecule has 0 atom stereocenters. The van der Waals surface area contributed by atoms with Crippen LogP contribution in [0.4, 0.5) is 4.39 Å². The third kappa shape index (κ3) is 2.93. The first-order valence-corrected chi connectivity index (χ1v) is 8.02. The molecule has 0 bridgehead atoms. The van der Waals surface area contributed by atoms with E-state index in [1.165, 1.54) is 12.3 Å². The number of H-pyrrole nitrogens is 1. The van der Waals surface area contributed by atoms with Gasteiger partial charge in [-0.1, -0.05) is 36.4 Å². The van der Waals surface area contributed by atoms with E-state index in [-0.39, 0.29) is 12.4 Å². The van der Waals surface area contributed by atoms with E-state index in [0.29, 0.717) is 27.7 Å². The molecule has 0 amide bonds. The van der Waals surface area contributed by atoms with Crippen LogP contribution in [0.2, 0.25) is 0 Å². The lowest BCUT2D eigenvalue weighted by molar-refractivity contribution is 0.0475. The van der Waals surface area contributed by atoms with Crippen LogP contribution >= 0.6 is 0 Å². The molecule has 0 aliphatic rings. The minimum atomic E-state index is -0.508. The number of carbonyl (C=O) groups is 1. The number of esters is 1. The van der Waals surface area contributed by atoms with Gasteiger partial charge in [-0.15, -0.1) is 0 Å². The Morgan fingerprint density at radius 1 is 1.08 bits per heavy atom. The van der Waals surface area contributed by atoms with Crippen molar-refractivity contribution in [1.29, 1.82) is 0 Å². The summed E-state index contributed by atoms with van der Waals surface area (Å²) in [5.74, 6) is -0.865. The maximum atomic E-state index is 13.9. The quantitative estimate of drug-likeness (QED) is 0.564. The Kier molecular flexibility index (Phi) is 4.15. The number of carbonyl (C=O) groups excluding carboxylic acids is 1. The van der Waals surface area contributed by atoms with Crippen molar-refractivity contribution in [3.05, 3.63) is 83.9 Å². The lowest BCUT2D eigenvalue weighted by Gasteiger charge is -2.08. The topological polar surface area (TPSA) is 67.9 Å². The second-order valence-corrected chi connectivity index (χ2v) is 5.71. The van der Waals surface area contributed by atoms with E-state index in [0.717, 1.165) is 5.56 Å². The Morgan fingerprint density at radius 3 is 2.77 bits per heavy atom. The van der Waals surface area contributed by atoms with E-state index in [1.54, 1.807) is 24.4 Å². The molecular formula is C20H14FN3O2. The molecule has 2 aromatic heterocycles. The summed E-state index contributed by atoms with van der Waals surface area (Å²) in [6, 6.07) is 15.6. The predicted octanol–water partition coefficient (Wildman–Crippen LogP) is 4.12. The van der Waals surface area contributed by atoms with Gasteiger partial charge in [0.15, 0.2) is 0 Å². The summed E-state index contributed by atoms with van der Waals surface area (Å²) in [4.78, 5) is 16.7. The number of nitrogens with one attached hydrogen (secondary N) is 1. The van der Waals surface area contributed by atoms with E-state index in [1.807, 2.05) is 30.3 Å². The van der Waals surface area contributed by atoms with Crippen molar-refractivity contribution in [2.75, 3.05) is 0 Å². The first-order valence-electron chi connectivity index (χ1n) is 8.02. The number of pyridine rings is 1. The Balaban J connectivity index is 1.58. The van der Waals surface area contributed by atoms with E-state index < -0.39 is 5.97 Å². The Morgan fingerprint density at radius 2 is 1.92 bits per heavy atom. The second-order valence-electron chi connectivity index (χ2n) is 5.71. The van der Waals surface area contributed by atoms with Gasteiger partial charge < -0.3 is 4.74 Å². The lowest BCUT2D eigenvalue weighted by atomic mass is 10.1. The first kappa shape index (κ1) is 16.0. The normalized spacial score (nSPS) is 10.8. The standard InChI is InChI=1S/C20H14FN3O2/c21-17-9-8-14(18-15(17)7-4-10-22-18)12-26-20(25)16-11-23-24-19(16)13-5-2-1-3-6-13/h1-11H,12H2,(H,23,24). The van der Waals surface area contributed by atoms with Crippen LogP contribution in [0.5, 0.6) is 0 Å². The summed E-state index contributed by atoms with van der Waals surface area (Å²) in [7, 11) is 0. The number of fused-ring (bicyclic) bond motifs is 1. The van der Waals surface area contributed by atoms with Crippen LogP contribution in [0.25, 0.3) is 22.2 Å². The number of hydrogen-bond donors (Lipinski definition) is 1. The molecule has 0 radical (unpaired) electrons. The van der Waals surface area contributed by atoms with Crippen molar-refractivity contribution in [3.8, 4) is 11.3 Å². The predicted molar refractivity (Wildman–Crippen MR) is 94.8 cm³/mol. The molecule has 0 aliphatic carbocycles. The Bertz CT molecular complexity index is 1080. The average molecular weight is 347 g/mol. The molecule has 6 heteroatoms. The fraction of sp³-hybridized carbons (Fsp3) is 0.0500. The van der Waals surface area contributed by atoms with Gasteiger partial charge in [0, 0.05) is 22.7 Å². The molecule has 2 aromatic carbocycles. The Hall–Kier alpha value is -3.54. The van der Waals surface area contributed by atoms with Crippen molar-refractivity contribution in [2.24, 2.45) is 0 Å². The number of benzene rings is 2. The second kappa shape index (κ2) is 6.76. The maximum Gasteiger partial charge on any atom is 0.342 e. The van der Waals surface area contributed by atoms with Gasteiger partial charge in [0.1, 0.15) is 18.0 Å². The van der Waals surface area contributed by atoms with Gasteiger partial charge in [-0.25, -0.2) is 9.18 Å². The molecule has 128 valence electrons. The van der Waals surface area contributed by atoms with Crippen molar-refractivity contribution in [1.82, 2.24) is 15.2 Å². The minimum Gasteiger partial charge on any atom is -0.457 e. The molecule has 5 nitrogen and oxygen atoms in total. The molecule has 0 saturated heterocycles. The van der Waals surface area contributed by atoms with Crippen LogP contribution in [0.15, 0.2) is 67.0 Å². The molecule has 0 saturated carbocycles. The van der Waals surface area contributed by atoms with E-state index in [4.69, 9.17) is 4.74 Å². The third-order valence-electron chi connectivity index (χ3n) is 4.08. The van der Waals surface area contributed by atoms with E-state index >= 15 is 0 Å². The van der Waals surface area contributed by atoms with Gasteiger partial charge in [-0.05, 0) is 18.2 Å². The molecule has 4 aromatic rings. The SMILES string of the molecule is O=C(OCc1ccc(F)c2cccnc12)c1cn[nH]c1-c1ccccc1. The molecule has 0 unspecified atom stereocenters. The molecule has 0 spiro atoms. The number of hydrogen-bond acceptors (Lipinski definition) is 4. The lowest BCUT2D eigenvalue weighted by Crippen LogP contribution is -2.06. The van der Waals surface area contributed by atoms with Gasteiger partial charge in [-0.2, -0.15) is 5.10 Å². The smallest absolute Gasteiger partial charge is 0.342 e. The summed E-state index contributed by atoms with van der Waals surface area (Å²) in [5, 5.41) is 7.17. The molecular weight excluding hydrogens is 333 g/mol. The molecule has 26 heavy (non-hydrogen) atoms. The number of aromatic amines is 1. The van der Waals surface area contributed by atoms with Gasteiger partial charge in [-0.3, -0.25) is 10.1 Å². The molecule has 1 N–H and O–H groups in total. The summed E-state index contributed by atoms with van der Waals surface area (Å²) < 4.78 is 19.3. The number of rotatable bonds is 4. The fourth-order valence-electron chi connectivity index (χ4n) is 2.80. The van der Waals surface area contributed by atoms with Crippen LogP contribution in [0, 0.1) is 5.82 Å². The van der Waals surface area contributed by atoms with E-state index in [2.05, 4.69) is 15.2 Å². The zero-order valence-corrected chi connectivity index (χ0v) is 13.6. The number of aromatic nitrogens is 3. The Labute approximate surface area is 148 Å². The summed E-state index contributed by atoms with van der Waals surface area (Å²) in [5.41, 5.74) is 2.90. The van der Waals surface area contributed by atoms with E-state index in [9.17, 15) is 9.18 Å². The van der Waals surface area contributed by atoms with Crippen molar-refractivity contribution in [3.63, 3.8) is 0 Å². The molecule has 0 fully saturated rings. The van der Waals surface area contributed by atoms with Crippen LogP contribution < -0.4 is 0 Å². The monoisotopic (exact) mass is 347 g/mol. The van der Waals surface area contributed by atoms with Crippen molar-refractivity contribution >= 4 is 16.9 Å². The maximum absolute atomic E-state index is 13.9. The van der Waals surface area contributed by atoms with Gasteiger partial charge in [0.05, 0.1) is 17.4 Å². The number of ether oxygens (including phenoxy) is 1. The number of halogens is 1. The third-order valence-corrected chi connectivity index (χ3v) is 4.08. The zero-order valence-electron chi connectivity index (χ0n) is 13.6. The van der Waals surface area contributed by atoms with Gasteiger partial charge in [0.2, 0.25) is 0 Å². The molecule has 0 aliphatic heterocycles. The highest BCUT2D eigenvalue weighted by molar-refractivity contribution is 5.96. The summed E-state index contributed by atoms with van der Waals surface area (Å²) in [6.07, 6.45) is 3.02. The van der Waals surface area contributed by atoms with Crippen LogP contribution in [-0.2, 0) is 11.3 Å². The number of nitrogens with zero attached hydrogens (tertiary/aromatic N) is 2. The highest BCUT2D eigenvalue weighted by Gasteiger charge is 2.17. The van der Waals surface area contributed by atoms with Crippen molar-refractivity contribution < 1.29 is 13.9 Å². The van der Waals surface area contributed by atoms with Crippen LogP contribution in [0.3, 0.4) is 0 Å². The molecule has 4 rings (SSSR count). The van der Waals surface area contributed by atoms with Gasteiger partial charge >= 0.3 is 5.97 Å². The first-order chi connectivity index (χ1) is 12.7. The largest absolute Gasteiger partial charge is 0.457 e. The summed E-state index contributed by atoms with van der Waals surface area (Å²) in [6.45, 7) is -0.00790. The minimum absolute atomic E-state index is 0.00790. The average Bonchev–Trinajstić information content (AvgIpc) is 3.18. The summed E-state index contributed by atoms with van der Waals surface area (Å²) >= 11 is 0. The van der Waals surface area contributed by atoms with Crippen LogP contribution in [-0.4, -0.2) is 21.2 Å². The fourth-order valence-corrected chi connectivity index (χ4v) is 2.80. The van der Waals surface area contributed by atoms with Crippen molar-refractivity contribution in [2.45, 2.75) is 6.61 Å². The highest BCUT2D eigenvalue weighted by atomic mass is 19.1. The van der Waals surface area contributed by atoms with Gasteiger partial charge in [0.25, 0.3) is 0 Å². The van der Waals surface area contributed by atoms with Crippen LogP contribution in [0.1, 0.15) is 15.9 Å². The molecule has 2 heterocycles. The highest BCUT2D eigenvalue weighted by Crippen LogP contribution is 2.23. The zero-order chi connectivity index (χ0) is 17.9.